The van der Waals surface area contributed by atoms with Crippen molar-refractivity contribution in [2.24, 2.45) is 0 Å². The molecule has 0 radical (unpaired) electrons. The Bertz CT molecular complexity index is 514. The van der Waals surface area contributed by atoms with Crippen molar-refractivity contribution < 1.29 is 14.6 Å². The van der Waals surface area contributed by atoms with Crippen molar-refractivity contribution in [3.8, 4) is 5.75 Å². The molecule has 0 atom stereocenters. The lowest BCUT2D eigenvalue weighted by Gasteiger charge is -2.09. The molecule has 2 aromatic rings. The molecule has 1 aromatic heterocycles. The van der Waals surface area contributed by atoms with E-state index in [2.05, 4.69) is 10.3 Å². The second-order valence-electron chi connectivity index (χ2n) is 3.41. The van der Waals surface area contributed by atoms with Crippen LogP contribution in [-0.2, 0) is 0 Å². The molecule has 5 nitrogen and oxygen atoms in total. The SMILES string of the molecule is O=C(O)c1ccccc1OCCNc1nccs1. The smallest absolute Gasteiger partial charge is 0.339 e. The second kappa shape index (κ2) is 6.02. The molecular formula is C12H12N2O3S. The fraction of sp³-hybridized carbons (Fsp3) is 0.167. The van der Waals surface area contributed by atoms with Gasteiger partial charge in [0.05, 0.1) is 6.54 Å². The van der Waals surface area contributed by atoms with Crippen LogP contribution in [0.15, 0.2) is 35.8 Å². The van der Waals surface area contributed by atoms with Crippen LogP contribution in [0.5, 0.6) is 5.75 Å². The van der Waals surface area contributed by atoms with E-state index in [0.717, 1.165) is 5.13 Å². The van der Waals surface area contributed by atoms with Crippen LogP contribution in [0, 0.1) is 0 Å². The minimum absolute atomic E-state index is 0.173. The average Bonchev–Trinajstić information content (AvgIpc) is 2.88. The predicted octanol–water partition coefficient (Wildman–Crippen LogP) is 2.33. The number of benzene rings is 1. The number of hydrogen-bond donors (Lipinski definition) is 2. The Morgan fingerprint density at radius 1 is 1.44 bits per heavy atom. The first-order valence-corrected chi connectivity index (χ1v) is 6.24. The number of carboxylic acids is 1. The number of aromatic carboxylic acids is 1. The highest BCUT2D eigenvalue weighted by Crippen LogP contribution is 2.17. The van der Waals surface area contributed by atoms with E-state index in [-0.39, 0.29) is 5.56 Å². The number of anilines is 1. The lowest BCUT2D eigenvalue weighted by atomic mass is 10.2. The zero-order valence-corrected chi connectivity index (χ0v) is 10.3. The number of carboxylic acid groups (broad SMARTS) is 1. The molecule has 0 unspecified atom stereocenters. The van der Waals surface area contributed by atoms with Crippen LogP contribution in [0.3, 0.4) is 0 Å². The normalized spacial score (nSPS) is 10.0. The third-order valence-corrected chi connectivity index (χ3v) is 2.92. The quantitative estimate of drug-likeness (QED) is 0.783. The molecule has 0 aliphatic carbocycles. The molecule has 1 aromatic carbocycles. The Hall–Kier alpha value is -2.08. The molecule has 94 valence electrons. The highest BCUT2D eigenvalue weighted by Gasteiger charge is 2.09. The Morgan fingerprint density at radius 3 is 3.00 bits per heavy atom. The van der Waals surface area contributed by atoms with Crippen LogP contribution < -0.4 is 10.1 Å². The van der Waals surface area contributed by atoms with Crippen molar-refractivity contribution in [2.45, 2.75) is 0 Å². The summed E-state index contributed by atoms with van der Waals surface area (Å²) < 4.78 is 5.43. The van der Waals surface area contributed by atoms with Crippen LogP contribution in [0.4, 0.5) is 5.13 Å². The fourth-order valence-corrected chi connectivity index (χ4v) is 1.96. The third-order valence-electron chi connectivity index (χ3n) is 2.19. The van der Waals surface area contributed by atoms with Crippen LogP contribution in [0.2, 0.25) is 0 Å². The van der Waals surface area contributed by atoms with Gasteiger partial charge in [-0.25, -0.2) is 9.78 Å². The molecule has 0 spiro atoms. The van der Waals surface area contributed by atoms with E-state index in [1.54, 1.807) is 24.4 Å². The van der Waals surface area contributed by atoms with Crippen molar-refractivity contribution in [2.75, 3.05) is 18.5 Å². The Morgan fingerprint density at radius 2 is 2.28 bits per heavy atom. The number of nitrogens with one attached hydrogen (secondary N) is 1. The molecule has 2 rings (SSSR count). The van der Waals surface area contributed by atoms with Crippen LogP contribution in [0.1, 0.15) is 10.4 Å². The zero-order valence-electron chi connectivity index (χ0n) is 9.50. The first kappa shape index (κ1) is 12.4. The first-order valence-electron chi connectivity index (χ1n) is 5.36. The maximum atomic E-state index is 10.9. The standard InChI is InChI=1S/C12H12N2O3S/c15-11(16)9-3-1-2-4-10(9)17-7-5-13-12-14-6-8-18-12/h1-4,6,8H,5,7H2,(H,13,14)(H,15,16). The molecule has 0 bridgehead atoms. The number of thiazole rings is 1. The topological polar surface area (TPSA) is 71.5 Å². The predicted molar refractivity (Wildman–Crippen MR) is 69.5 cm³/mol. The van der Waals surface area contributed by atoms with E-state index in [0.29, 0.717) is 18.9 Å². The molecule has 1 heterocycles. The third kappa shape index (κ3) is 3.21. The summed E-state index contributed by atoms with van der Waals surface area (Å²) in [5.41, 5.74) is 0.173. The molecule has 0 aliphatic heterocycles. The summed E-state index contributed by atoms with van der Waals surface area (Å²) in [6.45, 7) is 0.950. The van der Waals surface area contributed by atoms with Gasteiger partial charge in [0.1, 0.15) is 17.9 Å². The monoisotopic (exact) mass is 264 g/mol. The van der Waals surface area contributed by atoms with Gasteiger partial charge in [-0.1, -0.05) is 12.1 Å². The Kier molecular flexibility index (Phi) is 4.14. The van der Waals surface area contributed by atoms with Gasteiger partial charge in [-0.15, -0.1) is 11.3 Å². The summed E-state index contributed by atoms with van der Waals surface area (Å²) in [7, 11) is 0. The van der Waals surface area contributed by atoms with Gasteiger partial charge < -0.3 is 15.2 Å². The highest BCUT2D eigenvalue weighted by atomic mass is 32.1. The molecule has 2 N–H and O–H groups in total. The molecule has 18 heavy (non-hydrogen) atoms. The van der Waals surface area contributed by atoms with Gasteiger partial charge in [0, 0.05) is 11.6 Å². The van der Waals surface area contributed by atoms with Crippen LogP contribution >= 0.6 is 11.3 Å². The van der Waals surface area contributed by atoms with Crippen molar-refractivity contribution in [1.82, 2.24) is 4.98 Å². The molecule has 0 fully saturated rings. The summed E-state index contributed by atoms with van der Waals surface area (Å²) in [6, 6.07) is 6.58. The van der Waals surface area contributed by atoms with Gasteiger partial charge in [-0.05, 0) is 12.1 Å². The number of rotatable bonds is 6. The summed E-state index contributed by atoms with van der Waals surface area (Å²) in [6.07, 6.45) is 1.72. The summed E-state index contributed by atoms with van der Waals surface area (Å²) in [5, 5.41) is 14.7. The van der Waals surface area contributed by atoms with E-state index in [1.807, 2.05) is 5.38 Å². The van der Waals surface area contributed by atoms with E-state index < -0.39 is 5.97 Å². The van der Waals surface area contributed by atoms with E-state index in [4.69, 9.17) is 9.84 Å². The fourth-order valence-electron chi connectivity index (χ4n) is 1.40. The van der Waals surface area contributed by atoms with Crippen molar-refractivity contribution in [3.63, 3.8) is 0 Å². The number of ether oxygens (including phenoxy) is 1. The number of carbonyl (C=O) groups is 1. The van der Waals surface area contributed by atoms with Gasteiger partial charge in [0.15, 0.2) is 5.13 Å². The Balaban J connectivity index is 1.85. The minimum Gasteiger partial charge on any atom is -0.491 e. The van der Waals surface area contributed by atoms with Crippen molar-refractivity contribution in [1.29, 1.82) is 0 Å². The van der Waals surface area contributed by atoms with Gasteiger partial charge in [0.25, 0.3) is 0 Å². The molecule has 6 heteroatoms. The summed E-state index contributed by atoms with van der Waals surface area (Å²) in [4.78, 5) is 15.0. The van der Waals surface area contributed by atoms with Crippen LogP contribution in [0.25, 0.3) is 0 Å². The molecular weight excluding hydrogens is 252 g/mol. The second-order valence-corrected chi connectivity index (χ2v) is 4.31. The first-order chi connectivity index (χ1) is 8.77. The average molecular weight is 264 g/mol. The molecule has 0 saturated carbocycles. The summed E-state index contributed by atoms with van der Waals surface area (Å²) >= 11 is 1.51. The number of aromatic nitrogens is 1. The van der Waals surface area contributed by atoms with Crippen LogP contribution in [-0.4, -0.2) is 29.2 Å². The maximum absolute atomic E-state index is 10.9. The number of para-hydroxylation sites is 1. The largest absolute Gasteiger partial charge is 0.491 e. The van der Waals surface area contributed by atoms with Gasteiger partial charge in [-0.2, -0.15) is 0 Å². The minimum atomic E-state index is -0.988. The van der Waals surface area contributed by atoms with E-state index >= 15 is 0 Å². The van der Waals surface area contributed by atoms with Gasteiger partial charge in [0.2, 0.25) is 0 Å². The van der Waals surface area contributed by atoms with Crippen molar-refractivity contribution >= 4 is 22.4 Å². The lowest BCUT2D eigenvalue weighted by molar-refractivity contribution is 0.0692. The molecule has 0 saturated heterocycles. The highest BCUT2D eigenvalue weighted by molar-refractivity contribution is 7.13. The molecule has 0 amide bonds. The Labute approximate surface area is 108 Å². The van der Waals surface area contributed by atoms with E-state index in [9.17, 15) is 4.79 Å². The van der Waals surface area contributed by atoms with Gasteiger partial charge >= 0.3 is 5.97 Å². The zero-order chi connectivity index (χ0) is 12.8. The number of nitrogens with zero attached hydrogens (tertiary/aromatic N) is 1. The van der Waals surface area contributed by atoms with Gasteiger partial charge in [-0.3, -0.25) is 0 Å². The lowest BCUT2D eigenvalue weighted by Crippen LogP contribution is -2.12. The summed E-state index contributed by atoms with van der Waals surface area (Å²) in [5.74, 6) is -0.607. The van der Waals surface area contributed by atoms with E-state index in [1.165, 1.54) is 17.4 Å². The number of hydrogen-bond acceptors (Lipinski definition) is 5. The maximum Gasteiger partial charge on any atom is 0.339 e. The van der Waals surface area contributed by atoms with Crippen molar-refractivity contribution in [3.05, 3.63) is 41.4 Å². The molecule has 0 aliphatic rings.